The lowest BCUT2D eigenvalue weighted by Gasteiger charge is -2.04. The molecule has 0 atom stereocenters. The van der Waals surface area contributed by atoms with Crippen molar-refractivity contribution in [3.63, 3.8) is 0 Å². The molecule has 0 aliphatic heterocycles. The van der Waals surface area contributed by atoms with Crippen LogP contribution in [0.25, 0.3) is 5.69 Å². The zero-order valence-corrected chi connectivity index (χ0v) is 15.3. The maximum Gasteiger partial charge on any atom is 0.244 e. The largest absolute Gasteiger partial charge is 0.497 e. The first-order valence-corrected chi connectivity index (χ1v) is 8.45. The quantitative estimate of drug-likeness (QED) is 0.518. The van der Waals surface area contributed by atoms with E-state index < -0.39 is 0 Å². The second-order valence-electron chi connectivity index (χ2n) is 5.87. The average Bonchev–Trinajstić information content (AvgIpc) is 3.17. The zero-order valence-electron chi connectivity index (χ0n) is 15.3. The van der Waals surface area contributed by atoms with E-state index in [1.807, 2.05) is 71.6 Å². The van der Waals surface area contributed by atoms with Crippen molar-refractivity contribution in [2.75, 3.05) is 14.2 Å². The van der Waals surface area contributed by atoms with Gasteiger partial charge >= 0.3 is 0 Å². The standard InChI is InChI=1S/C21H21N3O3/c1-26-19-8-6-18(7-9-19)24-11-10-17(15-24)14-22-23-21(25)13-16-4-3-5-20(12-16)27-2/h3-12,14-15H,13H2,1-2H3,(H,23,25)/b22-14+. The van der Waals surface area contributed by atoms with Crippen LogP contribution in [0, 0.1) is 0 Å². The SMILES string of the molecule is COc1ccc(-n2ccc(/C=N/NC(=O)Cc3cccc(OC)c3)c2)cc1. The molecule has 0 fully saturated rings. The molecule has 0 unspecified atom stereocenters. The van der Waals surface area contributed by atoms with Gasteiger partial charge in [0.25, 0.3) is 0 Å². The summed E-state index contributed by atoms with van der Waals surface area (Å²) in [5, 5.41) is 4.03. The van der Waals surface area contributed by atoms with Gasteiger partial charge in [-0.2, -0.15) is 5.10 Å². The Morgan fingerprint density at radius 1 is 1.07 bits per heavy atom. The number of nitrogens with one attached hydrogen (secondary N) is 1. The molecule has 0 aliphatic carbocycles. The summed E-state index contributed by atoms with van der Waals surface area (Å²) in [6, 6.07) is 17.1. The van der Waals surface area contributed by atoms with Crippen LogP contribution in [0.3, 0.4) is 0 Å². The summed E-state index contributed by atoms with van der Waals surface area (Å²) in [5.41, 5.74) is 5.31. The first-order valence-electron chi connectivity index (χ1n) is 8.45. The second-order valence-corrected chi connectivity index (χ2v) is 5.87. The van der Waals surface area contributed by atoms with Gasteiger partial charge in [0.05, 0.1) is 26.9 Å². The average molecular weight is 363 g/mol. The van der Waals surface area contributed by atoms with Gasteiger partial charge in [-0.15, -0.1) is 0 Å². The fourth-order valence-electron chi connectivity index (χ4n) is 2.59. The molecule has 0 bridgehead atoms. The Morgan fingerprint density at radius 3 is 2.59 bits per heavy atom. The van der Waals surface area contributed by atoms with Gasteiger partial charge in [-0.1, -0.05) is 12.1 Å². The van der Waals surface area contributed by atoms with Gasteiger partial charge in [0.2, 0.25) is 5.91 Å². The molecule has 0 saturated carbocycles. The van der Waals surface area contributed by atoms with Crippen LogP contribution < -0.4 is 14.9 Å². The van der Waals surface area contributed by atoms with Crippen molar-refractivity contribution in [1.29, 1.82) is 0 Å². The highest BCUT2D eigenvalue weighted by molar-refractivity contribution is 5.83. The predicted molar refractivity (Wildman–Crippen MR) is 105 cm³/mol. The van der Waals surface area contributed by atoms with E-state index in [4.69, 9.17) is 9.47 Å². The summed E-state index contributed by atoms with van der Waals surface area (Å²) < 4.78 is 12.3. The maximum atomic E-state index is 12.0. The summed E-state index contributed by atoms with van der Waals surface area (Å²) in [5.74, 6) is 1.35. The van der Waals surface area contributed by atoms with E-state index in [1.165, 1.54) is 0 Å². The Labute approximate surface area is 158 Å². The molecule has 3 rings (SSSR count). The Kier molecular flexibility index (Phi) is 5.89. The van der Waals surface area contributed by atoms with Crippen LogP contribution in [0.15, 0.2) is 72.1 Å². The van der Waals surface area contributed by atoms with Gasteiger partial charge in [-0.05, 0) is 48.0 Å². The molecule has 0 spiro atoms. The lowest BCUT2D eigenvalue weighted by Crippen LogP contribution is -2.19. The molecule has 0 aliphatic rings. The van der Waals surface area contributed by atoms with Crippen LogP contribution in [0.5, 0.6) is 11.5 Å². The Morgan fingerprint density at radius 2 is 1.85 bits per heavy atom. The topological polar surface area (TPSA) is 64.8 Å². The minimum absolute atomic E-state index is 0.186. The van der Waals surface area contributed by atoms with Crippen LogP contribution in [0.1, 0.15) is 11.1 Å². The van der Waals surface area contributed by atoms with Crippen molar-refractivity contribution in [1.82, 2.24) is 9.99 Å². The van der Waals surface area contributed by atoms with E-state index in [1.54, 1.807) is 20.4 Å². The summed E-state index contributed by atoms with van der Waals surface area (Å²) in [7, 11) is 3.24. The van der Waals surface area contributed by atoms with Crippen molar-refractivity contribution in [2.24, 2.45) is 5.10 Å². The van der Waals surface area contributed by atoms with Gasteiger partial charge in [-0.3, -0.25) is 4.79 Å². The molecule has 0 saturated heterocycles. The maximum absolute atomic E-state index is 12.0. The lowest BCUT2D eigenvalue weighted by atomic mass is 10.1. The number of aromatic nitrogens is 1. The Hall–Kier alpha value is -3.54. The first kappa shape index (κ1) is 18.3. The number of methoxy groups -OCH3 is 2. The molecule has 1 aromatic heterocycles. The highest BCUT2D eigenvalue weighted by Crippen LogP contribution is 2.16. The number of carbonyl (C=O) groups excluding carboxylic acids is 1. The van der Waals surface area contributed by atoms with Crippen molar-refractivity contribution < 1.29 is 14.3 Å². The third-order valence-corrected chi connectivity index (χ3v) is 3.99. The normalized spacial score (nSPS) is 10.7. The molecule has 3 aromatic rings. The van der Waals surface area contributed by atoms with E-state index in [-0.39, 0.29) is 12.3 Å². The molecular weight excluding hydrogens is 342 g/mol. The molecule has 6 heteroatoms. The minimum Gasteiger partial charge on any atom is -0.497 e. The number of hydrogen-bond donors (Lipinski definition) is 1. The number of amides is 1. The van der Waals surface area contributed by atoms with Crippen LogP contribution in [0.4, 0.5) is 0 Å². The number of carbonyl (C=O) groups is 1. The monoisotopic (exact) mass is 363 g/mol. The predicted octanol–water partition coefficient (Wildman–Crippen LogP) is 3.19. The van der Waals surface area contributed by atoms with Crippen LogP contribution in [-0.4, -0.2) is 30.9 Å². The third-order valence-electron chi connectivity index (χ3n) is 3.99. The van der Waals surface area contributed by atoms with Gasteiger partial charge in [-0.25, -0.2) is 5.43 Å². The van der Waals surface area contributed by atoms with Gasteiger partial charge in [0.15, 0.2) is 0 Å². The molecule has 2 aromatic carbocycles. The van der Waals surface area contributed by atoms with Crippen molar-refractivity contribution in [3.05, 3.63) is 78.1 Å². The van der Waals surface area contributed by atoms with Gasteiger partial charge in [0, 0.05) is 23.6 Å². The fraction of sp³-hybridized carbons (Fsp3) is 0.143. The Balaban J connectivity index is 1.56. The number of rotatable bonds is 7. The molecule has 27 heavy (non-hydrogen) atoms. The first-order chi connectivity index (χ1) is 13.2. The number of hydrazone groups is 1. The molecule has 1 N–H and O–H groups in total. The highest BCUT2D eigenvalue weighted by atomic mass is 16.5. The zero-order chi connectivity index (χ0) is 19.1. The summed E-state index contributed by atoms with van der Waals surface area (Å²) in [6.45, 7) is 0. The van der Waals surface area contributed by atoms with Crippen LogP contribution in [-0.2, 0) is 11.2 Å². The van der Waals surface area contributed by atoms with E-state index in [0.717, 1.165) is 28.3 Å². The summed E-state index contributed by atoms with van der Waals surface area (Å²) in [6.07, 6.45) is 5.71. The van der Waals surface area contributed by atoms with Gasteiger partial charge in [0.1, 0.15) is 11.5 Å². The van der Waals surface area contributed by atoms with Crippen LogP contribution in [0.2, 0.25) is 0 Å². The molecule has 138 valence electrons. The fourth-order valence-corrected chi connectivity index (χ4v) is 2.59. The van der Waals surface area contributed by atoms with Crippen molar-refractivity contribution in [3.8, 4) is 17.2 Å². The van der Waals surface area contributed by atoms with Gasteiger partial charge < -0.3 is 14.0 Å². The summed E-state index contributed by atoms with van der Waals surface area (Å²) >= 11 is 0. The van der Waals surface area contributed by atoms with Crippen molar-refractivity contribution in [2.45, 2.75) is 6.42 Å². The van der Waals surface area contributed by atoms with Crippen molar-refractivity contribution >= 4 is 12.1 Å². The summed E-state index contributed by atoms with van der Waals surface area (Å²) in [4.78, 5) is 12.0. The molecular formula is C21H21N3O3. The van der Waals surface area contributed by atoms with Crippen LogP contribution >= 0.6 is 0 Å². The lowest BCUT2D eigenvalue weighted by molar-refractivity contribution is -0.120. The second kappa shape index (κ2) is 8.71. The molecule has 1 heterocycles. The number of nitrogens with zero attached hydrogens (tertiary/aromatic N) is 2. The number of hydrogen-bond acceptors (Lipinski definition) is 4. The highest BCUT2D eigenvalue weighted by Gasteiger charge is 2.03. The smallest absolute Gasteiger partial charge is 0.244 e. The van der Waals surface area contributed by atoms with E-state index in [2.05, 4.69) is 10.5 Å². The number of ether oxygens (including phenoxy) is 2. The minimum atomic E-state index is -0.186. The molecule has 6 nitrogen and oxygen atoms in total. The van der Waals surface area contributed by atoms with E-state index >= 15 is 0 Å². The Bertz CT molecular complexity index is 930. The number of benzene rings is 2. The molecule has 1 amide bonds. The van der Waals surface area contributed by atoms with E-state index in [9.17, 15) is 4.79 Å². The molecule has 0 radical (unpaired) electrons. The van der Waals surface area contributed by atoms with E-state index in [0.29, 0.717) is 0 Å². The third kappa shape index (κ3) is 4.98.